The van der Waals surface area contributed by atoms with E-state index in [1.807, 2.05) is 25.1 Å². The number of methoxy groups -OCH3 is 1. The summed E-state index contributed by atoms with van der Waals surface area (Å²) in [4.78, 5) is 12.6. The highest BCUT2D eigenvalue weighted by molar-refractivity contribution is 9.10. The molecule has 0 aliphatic carbocycles. The fourth-order valence-electron chi connectivity index (χ4n) is 3.32. The maximum absolute atomic E-state index is 12.6. The highest BCUT2D eigenvalue weighted by Gasteiger charge is 2.15. The van der Waals surface area contributed by atoms with E-state index in [0.717, 1.165) is 17.2 Å². The molecule has 1 unspecified atom stereocenters. The Morgan fingerprint density at radius 3 is 2.54 bits per heavy atom. The average Bonchev–Trinajstić information content (AvgIpc) is 3.37. The van der Waals surface area contributed by atoms with Gasteiger partial charge in [0, 0.05) is 0 Å². The van der Waals surface area contributed by atoms with Crippen molar-refractivity contribution in [2.45, 2.75) is 39.5 Å². The van der Waals surface area contributed by atoms with Crippen molar-refractivity contribution in [1.29, 1.82) is 5.26 Å². The third-order valence-electron chi connectivity index (χ3n) is 5.58. The molecule has 2 aromatic carbocycles. The Kier molecular flexibility index (Phi) is 10.5. The van der Waals surface area contributed by atoms with Gasteiger partial charge in [-0.3, -0.25) is 10.1 Å². The SMILES string of the molecule is CCc1nnc(NC(=O)/C(C#N)=C\c2cc(Br)c(OCCOc3ccc(C(C)CC)cc3)c(OC)c2)s1. The molecule has 0 aliphatic heterocycles. The number of anilines is 1. The lowest BCUT2D eigenvalue weighted by Crippen LogP contribution is -2.13. The number of rotatable bonds is 12. The van der Waals surface area contributed by atoms with E-state index >= 15 is 0 Å². The van der Waals surface area contributed by atoms with Crippen LogP contribution < -0.4 is 19.5 Å². The number of carbonyl (C=O) groups excluding carboxylic acids is 1. The molecule has 1 heterocycles. The third-order valence-corrected chi connectivity index (χ3v) is 7.15. The van der Waals surface area contributed by atoms with E-state index in [0.29, 0.717) is 52.2 Å². The molecule has 1 aromatic heterocycles. The monoisotopic (exact) mass is 584 g/mol. The van der Waals surface area contributed by atoms with Crippen molar-refractivity contribution < 1.29 is 19.0 Å². The number of benzene rings is 2. The van der Waals surface area contributed by atoms with Crippen molar-refractivity contribution in [2.24, 2.45) is 0 Å². The number of nitrogens with one attached hydrogen (secondary N) is 1. The zero-order valence-electron chi connectivity index (χ0n) is 21.2. The summed E-state index contributed by atoms with van der Waals surface area (Å²) >= 11 is 4.77. The molecule has 0 fully saturated rings. The molecule has 1 atom stereocenters. The maximum Gasteiger partial charge on any atom is 0.268 e. The topological polar surface area (TPSA) is 106 Å². The first-order valence-corrected chi connectivity index (χ1v) is 13.5. The van der Waals surface area contributed by atoms with E-state index < -0.39 is 5.91 Å². The van der Waals surface area contributed by atoms with Gasteiger partial charge in [-0.1, -0.05) is 44.2 Å². The summed E-state index contributed by atoms with van der Waals surface area (Å²) in [5.41, 5.74) is 1.80. The van der Waals surface area contributed by atoms with Gasteiger partial charge in [0.1, 0.15) is 35.6 Å². The molecule has 0 bridgehead atoms. The fraction of sp³-hybridized carbons (Fsp3) is 0.333. The largest absolute Gasteiger partial charge is 0.493 e. The van der Waals surface area contributed by atoms with Gasteiger partial charge >= 0.3 is 0 Å². The highest BCUT2D eigenvalue weighted by Crippen LogP contribution is 2.37. The molecule has 3 rings (SSSR count). The first-order chi connectivity index (χ1) is 17.9. The standard InChI is InChI=1S/C27H29BrN4O4S/c1-5-17(3)19-7-9-21(10-8-19)35-11-12-36-25-22(28)14-18(15-23(25)34-4)13-20(16-29)26(33)30-27-32-31-24(6-2)37-27/h7-10,13-15,17H,5-6,11-12H2,1-4H3,(H,30,32,33)/b20-13-. The lowest BCUT2D eigenvalue weighted by atomic mass is 9.99. The van der Waals surface area contributed by atoms with E-state index in [1.54, 1.807) is 12.1 Å². The number of halogens is 1. The summed E-state index contributed by atoms with van der Waals surface area (Å²) in [6, 6.07) is 13.5. The minimum atomic E-state index is -0.564. The quantitative estimate of drug-likeness (QED) is 0.149. The molecule has 0 radical (unpaired) electrons. The Morgan fingerprint density at radius 1 is 1.19 bits per heavy atom. The van der Waals surface area contributed by atoms with Crippen LogP contribution in [0.1, 0.15) is 49.2 Å². The molecule has 1 N–H and O–H groups in total. The molecule has 0 saturated heterocycles. The Balaban J connectivity index is 1.63. The smallest absolute Gasteiger partial charge is 0.268 e. The van der Waals surface area contributed by atoms with Gasteiger partial charge in [-0.2, -0.15) is 5.26 Å². The maximum atomic E-state index is 12.6. The van der Waals surface area contributed by atoms with Gasteiger partial charge in [-0.25, -0.2) is 0 Å². The Labute approximate surface area is 229 Å². The zero-order valence-corrected chi connectivity index (χ0v) is 23.6. The van der Waals surface area contributed by atoms with Crippen molar-refractivity contribution in [3.63, 3.8) is 0 Å². The predicted octanol–water partition coefficient (Wildman–Crippen LogP) is 6.39. The lowest BCUT2D eigenvalue weighted by molar-refractivity contribution is -0.112. The van der Waals surface area contributed by atoms with Crippen LogP contribution in [0, 0.1) is 11.3 Å². The molecule has 10 heteroatoms. The third kappa shape index (κ3) is 7.78. The van der Waals surface area contributed by atoms with Crippen LogP contribution in [0.4, 0.5) is 5.13 Å². The van der Waals surface area contributed by atoms with Crippen molar-refractivity contribution in [3.05, 3.63) is 62.6 Å². The van der Waals surface area contributed by atoms with Crippen LogP contribution in [0.15, 0.2) is 46.4 Å². The van der Waals surface area contributed by atoms with Gasteiger partial charge in [0.2, 0.25) is 5.13 Å². The molecule has 8 nitrogen and oxygen atoms in total. The number of aryl methyl sites for hydroxylation is 1. The number of aromatic nitrogens is 2. The molecule has 3 aromatic rings. The summed E-state index contributed by atoms with van der Waals surface area (Å²) in [7, 11) is 1.52. The van der Waals surface area contributed by atoms with Crippen molar-refractivity contribution in [2.75, 3.05) is 25.6 Å². The second-order valence-electron chi connectivity index (χ2n) is 8.09. The summed E-state index contributed by atoms with van der Waals surface area (Å²) in [5.74, 6) is 1.69. The van der Waals surface area contributed by atoms with E-state index in [1.165, 1.54) is 30.1 Å². The minimum absolute atomic E-state index is 0.0800. The van der Waals surface area contributed by atoms with Crippen LogP contribution in [-0.2, 0) is 11.2 Å². The molecule has 0 spiro atoms. The van der Waals surface area contributed by atoms with Crippen LogP contribution in [0.25, 0.3) is 6.08 Å². The molecule has 194 valence electrons. The number of nitrogens with zero attached hydrogens (tertiary/aromatic N) is 3. The molecule has 0 aliphatic rings. The van der Waals surface area contributed by atoms with Crippen molar-refractivity contribution >= 4 is 44.4 Å². The summed E-state index contributed by atoms with van der Waals surface area (Å²) in [6.45, 7) is 6.97. The number of amides is 1. The van der Waals surface area contributed by atoms with Crippen LogP contribution in [0.5, 0.6) is 17.2 Å². The van der Waals surface area contributed by atoms with Crippen LogP contribution in [-0.4, -0.2) is 36.4 Å². The normalized spacial score (nSPS) is 11.9. The molecule has 1 amide bonds. The van der Waals surface area contributed by atoms with Gasteiger partial charge in [-0.15, -0.1) is 10.2 Å². The number of ether oxygens (including phenoxy) is 3. The van der Waals surface area contributed by atoms with Gasteiger partial charge in [-0.05, 0) is 76.2 Å². The summed E-state index contributed by atoms with van der Waals surface area (Å²) < 4.78 is 17.8. The van der Waals surface area contributed by atoms with Gasteiger partial charge < -0.3 is 14.2 Å². The Morgan fingerprint density at radius 2 is 1.92 bits per heavy atom. The lowest BCUT2D eigenvalue weighted by Gasteiger charge is -2.14. The van der Waals surface area contributed by atoms with Crippen molar-refractivity contribution in [1.82, 2.24) is 10.2 Å². The molecule has 37 heavy (non-hydrogen) atoms. The van der Waals surface area contributed by atoms with E-state index in [-0.39, 0.29) is 5.57 Å². The molecule has 0 saturated carbocycles. The van der Waals surface area contributed by atoms with Gasteiger partial charge in [0.15, 0.2) is 11.5 Å². The van der Waals surface area contributed by atoms with Gasteiger partial charge in [0.05, 0.1) is 11.6 Å². The van der Waals surface area contributed by atoms with E-state index in [4.69, 9.17) is 14.2 Å². The molecular formula is C27H29BrN4O4S. The van der Waals surface area contributed by atoms with Crippen molar-refractivity contribution in [3.8, 4) is 23.3 Å². The second-order valence-corrected chi connectivity index (χ2v) is 10.0. The summed E-state index contributed by atoms with van der Waals surface area (Å²) in [6.07, 6.45) is 3.28. The fourth-order valence-corrected chi connectivity index (χ4v) is 4.57. The molecular weight excluding hydrogens is 556 g/mol. The van der Waals surface area contributed by atoms with E-state index in [2.05, 4.69) is 57.4 Å². The number of carbonyl (C=O) groups is 1. The first kappa shape index (κ1) is 28.2. The Hall–Kier alpha value is -3.42. The number of hydrogen-bond acceptors (Lipinski definition) is 8. The number of hydrogen-bond donors (Lipinski definition) is 1. The highest BCUT2D eigenvalue weighted by atomic mass is 79.9. The predicted molar refractivity (Wildman–Crippen MR) is 148 cm³/mol. The minimum Gasteiger partial charge on any atom is -0.493 e. The van der Waals surface area contributed by atoms with Crippen LogP contribution in [0.2, 0.25) is 0 Å². The zero-order chi connectivity index (χ0) is 26.8. The second kappa shape index (κ2) is 13.8. The van der Waals surface area contributed by atoms with Crippen LogP contribution in [0.3, 0.4) is 0 Å². The number of nitriles is 1. The average molecular weight is 586 g/mol. The van der Waals surface area contributed by atoms with Gasteiger partial charge in [0.25, 0.3) is 5.91 Å². The van der Waals surface area contributed by atoms with E-state index in [9.17, 15) is 10.1 Å². The van der Waals surface area contributed by atoms with Crippen LogP contribution >= 0.6 is 27.3 Å². The first-order valence-electron chi connectivity index (χ1n) is 11.9. The summed E-state index contributed by atoms with van der Waals surface area (Å²) in [5, 5.41) is 21.2. The Bertz CT molecular complexity index is 1280.